The molecule has 2 atom stereocenters. The highest BCUT2D eigenvalue weighted by molar-refractivity contribution is 7.89. The van der Waals surface area contributed by atoms with Crippen molar-refractivity contribution in [3.05, 3.63) is 65.9 Å². The maximum atomic E-state index is 11.4. The standard InChI is InChI=1S/C23H30N4O4S/c1-2-3-4-5-6-22(28)23(29)19-9-7-17(8-10-19)15-27-16-21(25-26-27)18-11-13-20(14-12-18)32(24,30)31/h7-14,16,22-23,28-29H,2-6,15H2,1H3,(H2,24,30,31)/t22-,23-/m0/s1. The van der Waals surface area contributed by atoms with Gasteiger partial charge < -0.3 is 10.2 Å². The minimum Gasteiger partial charge on any atom is -0.390 e. The Morgan fingerprint density at radius 1 is 1.00 bits per heavy atom. The van der Waals surface area contributed by atoms with E-state index in [1.54, 1.807) is 23.0 Å². The molecule has 0 aliphatic heterocycles. The number of benzene rings is 2. The number of hydrogen-bond donors (Lipinski definition) is 3. The van der Waals surface area contributed by atoms with Gasteiger partial charge in [0.2, 0.25) is 10.0 Å². The number of aromatic nitrogens is 3. The van der Waals surface area contributed by atoms with Gasteiger partial charge in [0, 0.05) is 5.56 Å². The number of rotatable bonds is 11. The topological polar surface area (TPSA) is 131 Å². The summed E-state index contributed by atoms with van der Waals surface area (Å²) < 4.78 is 24.4. The number of nitrogens with zero attached hydrogens (tertiary/aromatic N) is 3. The smallest absolute Gasteiger partial charge is 0.238 e. The third-order valence-electron chi connectivity index (χ3n) is 5.40. The molecule has 4 N–H and O–H groups in total. The average Bonchev–Trinajstić information content (AvgIpc) is 3.24. The molecule has 3 rings (SSSR count). The van der Waals surface area contributed by atoms with E-state index >= 15 is 0 Å². The van der Waals surface area contributed by atoms with Gasteiger partial charge in [-0.15, -0.1) is 5.10 Å². The van der Waals surface area contributed by atoms with Crippen molar-refractivity contribution < 1.29 is 18.6 Å². The number of hydrogen-bond acceptors (Lipinski definition) is 6. The normalized spacial score (nSPS) is 13.8. The number of primary sulfonamides is 1. The summed E-state index contributed by atoms with van der Waals surface area (Å²) in [5.74, 6) is 0. The van der Waals surface area contributed by atoms with Crippen LogP contribution in [0.1, 0.15) is 56.3 Å². The number of sulfonamides is 1. The second kappa shape index (κ2) is 10.8. The summed E-state index contributed by atoms with van der Waals surface area (Å²) in [6.07, 6.45) is 4.94. The fraction of sp³-hybridized carbons (Fsp3) is 0.391. The first-order valence-electron chi connectivity index (χ1n) is 10.8. The van der Waals surface area contributed by atoms with E-state index in [9.17, 15) is 18.6 Å². The Bertz CT molecular complexity index is 1100. The zero-order valence-corrected chi connectivity index (χ0v) is 18.9. The molecule has 0 aliphatic carbocycles. The lowest BCUT2D eigenvalue weighted by molar-refractivity contribution is 0.0120. The van der Waals surface area contributed by atoms with Gasteiger partial charge >= 0.3 is 0 Å². The van der Waals surface area contributed by atoms with Crippen LogP contribution in [0.2, 0.25) is 0 Å². The van der Waals surface area contributed by atoms with Gasteiger partial charge in [-0.25, -0.2) is 18.2 Å². The molecule has 0 bridgehead atoms. The fourth-order valence-electron chi connectivity index (χ4n) is 3.49. The molecule has 0 aliphatic rings. The maximum absolute atomic E-state index is 11.4. The van der Waals surface area contributed by atoms with Crippen molar-refractivity contribution in [2.45, 2.75) is 62.7 Å². The van der Waals surface area contributed by atoms with E-state index in [4.69, 9.17) is 5.14 Å². The minimum atomic E-state index is -3.73. The molecular formula is C23H30N4O4S. The molecule has 0 unspecified atom stereocenters. The summed E-state index contributed by atoms with van der Waals surface area (Å²) in [6, 6.07) is 13.6. The third-order valence-corrected chi connectivity index (χ3v) is 6.33. The van der Waals surface area contributed by atoms with E-state index < -0.39 is 22.2 Å². The molecule has 0 saturated heterocycles. The van der Waals surface area contributed by atoms with E-state index in [1.165, 1.54) is 12.1 Å². The van der Waals surface area contributed by atoms with Gasteiger partial charge in [0.15, 0.2) is 0 Å². The Hall–Kier alpha value is -2.59. The number of aliphatic hydroxyl groups is 2. The van der Waals surface area contributed by atoms with E-state index in [1.807, 2.05) is 24.3 Å². The summed E-state index contributed by atoms with van der Waals surface area (Å²) in [4.78, 5) is 0.0435. The molecule has 32 heavy (non-hydrogen) atoms. The van der Waals surface area contributed by atoms with Crippen LogP contribution < -0.4 is 5.14 Å². The van der Waals surface area contributed by atoms with Gasteiger partial charge in [-0.2, -0.15) is 0 Å². The molecule has 8 nitrogen and oxygen atoms in total. The number of nitrogens with two attached hydrogens (primary N) is 1. The average molecular weight is 459 g/mol. The molecule has 2 aromatic carbocycles. The summed E-state index contributed by atoms with van der Waals surface area (Å²) >= 11 is 0. The Kier molecular flexibility index (Phi) is 8.14. The molecule has 3 aromatic rings. The van der Waals surface area contributed by atoms with Crippen LogP contribution in [0.4, 0.5) is 0 Å². The van der Waals surface area contributed by atoms with Crippen molar-refractivity contribution in [1.82, 2.24) is 15.0 Å². The van der Waals surface area contributed by atoms with Crippen molar-refractivity contribution in [2.75, 3.05) is 0 Å². The quantitative estimate of drug-likeness (QED) is 0.379. The Labute approximate surface area is 188 Å². The van der Waals surface area contributed by atoms with Crippen molar-refractivity contribution in [3.8, 4) is 11.3 Å². The van der Waals surface area contributed by atoms with Crippen LogP contribution in [0.15, 0.2) is 59.6 Å². The van der Waals surface area contributed by atoms with Gasteiger partial charge in [0.05, 0.1) is 23.7 Å². The zero-order chi connectivity index (χ0) is 23.1. The molecular weight excluding hydrogens is 428 g/mol. The van der Waals surface area contributed by atoms with Crippen LogP contribution in [-0.2, 0) is 16.6 Å². The first-order valence-corrected chi connectivity index (χ1v) is 12.3. The van der Waals surface area contributed by atoms with Crippen LogP contribution >= 0.6 is 0 Å². The second-order valence-corrected chi connectivity index (χ2v) is 9.54. The minimum absolute atomic E-state index is 0.0435. The highest BCUT2D eigenvalue weighted by atomic mass is 32.2. The highest BCUT2D eigenvalue weighted by Crippen LogP contribution is 2.22. The molecule has 0 radical (unpaired) electrons. The molecule has 172 valence electrons. The molecule has 0 saturated carbocycles. The van der Waals surface area contributed by atoms with Crippen molar-refractivity contribution in [1.29, 1.82) is 0 Å². The van der Waals surface area contributed by atoms with Crippen LogP contribution in [0, 0.1) is 0 Å². The monoisotopic (exact) mass is 458 g/mol. The predicted molar refractivity (Wildman–Crippen MR) is 122 cm³/mol. The first-order chi connectivity index (χ1) is 15.3. The lowest BCUT2D eigenvalue weighted by Gasteiger charge is -2.18. The Morgan fingerprint density at radius 2 is 1.69 bits per heavy atom. The highest BCUT2D eigenvalue weighted by Gasteiger charge is 2.18. The Balaban J connectivity index is 1.60. The summed E-state index contributed by atoms with van der Waals surface area (Å²) in [5.41, 5.74) is 3.00. The van der Waals surface area contributed by atoms with E-state index in [-0.39, 0.29) is 4.90 Å². The third kappa shape index (κ3) is 6.46. The molecule has 9 heteroatoms. The molecule has 1 aromatic heterocycles. The number of unbranched alkanes of at least 4 members (excludes halogenated alkanes) is 3. The number of aliphatic hydroxyl groups excluding tert-OH is 2. The Morgan fingerprint density at radius 3 is 2.31 bits per heavy atom. The largest absolute Gasteiger partial charge is 0.390 e. The first kappa shape index (κ1) is 24.1. The molecule has 0 amide bonds. The summed E-state index contributed by atoms with van der Waals surface area (Å²) in [5, 5.41) is 34.0. The van der Waals surface area contributed by atoms with E-state index in [2.05, 4.69) is 17.2 Å². The SMILES string of the molecule is CCCCCC[C@H](O)[C@@H](O)c1ccc(Cn2cc(-c3ccc(S(N)(=O)=O)cc3)nn2)cc1. The van der Waals surface area contributed by atoms with Crippen molar-refractivity contribution in [3.63, 3.8) is 0 Å². The lowest BCUT2D eigenvalue weighted by Crippen LogP contribution is -2.18. The van der Waals surface area contributed by atoms with Crippen molar-refractivity contribution >= 4 is 10.0 Å². The molecule has 0 fully saturated rings. The maximum Gasteiger partial charge on any atom is 0.238 e. The molecule has 1 heterocycles. The summed E-state index contributed by atoms with van der Waals surface area (Å²) in [7, 11) is -3.73. The lowest BCUT2D eigenvalue weighted by atomic mass is 9.98. The zero-order valence-electron chi connectivity index (χ0n) is 18.1. The van der Waals surface area contributed by atoms with Gasteiger partial charge in [-0.05, 0) is 29.7 Å². The second-order valence-electron chi connectivity index (χ2n) is 7.97. The molecule has 0 spiro atoms. The van der Waals surface area contributed by atoms with E-state index in [0.717, 1.165) is 36.8 Å². The van der Waals surface area contributed by atoms with Gasteiger partial charge in [0.1, 0.15) is 11.8 Å². The summed E-state index contributed by atoms with van der Waals surface area (Å²) in [6.45, 7) is 2.62. The van der Waals surface area contributed by atoms with Gasteiger partial charge in [0.25, 0.3) is 0 Å². The van der Waals surface area contributed by atoms with Gasteiger partial charge in [-0.3, -0.25) is 0 Å². The predicted octanol–water partition coefficient (Wildman–Crippen LogP) is 3.01. The van der Waals surface area contributed by atoms with Crippen LogP contribution in [0.5, 0.6) is 0 Å². The van der Waals surface area contributed by atoms with Crippen LogP contribution in [0.3, 0.4) is 0 Å². The van der Waals surface area contributed by atoms with Crippen molar-refractivity contribution in [2.24, 2.45) is 5.14 Å². The fourth-order valence-corrected chi connectivity index (χ4v) is 4.01. The van der Waals surface area contributed by atoms with Gasteiger partial charge in [-0.1, -0.05) is 74.2 Å². The van der Waals surface area contributed by atoms with E-state index in [0.29, 0.717) is 24.2 Å². The van der Waals surface area contributed by atoms with Crippen LogP contribution in [0.25, 0.3) is 11.3 Å². The van der Waals surface area contributed by atoms with Crippen LogP contribution in [-0.4, -0.2) is 39.7 Å².